The van der Waals surface area contributed by atoms with Gasteiger partial charge < -0.3 is 10.6 Å². The van der Waals surface area contributed by atoms with Crippen molar-refractivity contribution in [2.45, 2.75) is 19.3 Å². The van der Waals surface area contributed by atoms with Crippen LogP contribution in [-0.4, -0.2) is 24.1 Å². The molecule has 1 aliphatic rings. The van der Waals surface area contributed by atoms with E-state index >= 15 is 0 Å². The van der Waals surface area contributed by atoms with Crippen LogP contribution in [-0.2, 0) is 22.4 Å². The number of thiol groups is 1. The van der Waals surface area contributed by atoms with Crippen molar-refractivity contribution < 1.29 is 9.59 Å². The largest absolute Gasteiger partial charge is 0.355 e. The summed E-state index contributed by atoms with van der Waals surface area (Å²) in [4.78, 5) is 22.3. The van der Waals surface area contributed by atoms with Crippen molar-refractivity contribution in [1.82, 2.24) is 5.32 Å². The van der Waals surface area contributed by atoms with Gasteiger partial charge in [0.1, 0.15) is 0 Å². The molecule has 0 aromatic heterocycles. The van der Waals surface area contributed by atoms with Gasteiger partial charge in [-0.25, -0.2) is 0 Å². The van der Waals surface area contributed by atoms with Gasteiger partial charge in [0.05, 0.1) is 5.75 Å². The summed E-state index contributed by atoms with van der Waals surface area (Å²) in [6, 6.07) is 6.01. The van der Waals surface area contributed by atoms with Crippen LogP contribution in [0.5, 0.6) is 0 Å². The molecule has 0 fully saturated rings. The zero-order valence-corrected chi connectivity index (χ0v) is 10.9. The van der Waals surface area contributed by atoms with Gasteiger partial charge in [-0.1, -0.05) is 12.1 Å². The Morgan fingerprint density at radius 2 is 2.22 bits per heavy atom. The Balaban J connectivity index is 1.95. The summed E-state index contributed by atoms with van der Waals surface area (Å²) in [5.41, 5.74) is 3.26. The van der Waals surface area contributed by atoms with Gasteiger partial charge in [-0.3, -0.25) is 9.59 Å². The number of benzene rings is 1. The second kappa shape index (κ2) is 5.91. The second-order valence-corrected chi connectivity index (χ2v) is 4.61. The molecule has 5 heteroatoms. The Hall–Kier alpha value is -1.49. The van der Waals surface area contributed by atoms with E-state index in [9.17, 15) is 9.59 Å². The molecular weight excluding hydrogens is 248 g/mol. The summed E-state index contributed by atoms with van der Waals surface area (Å²) >= 11 is 3.90. The Morgan fingerprint density at radius 1 is 1.39 bits per heavy atom. The highest BCUT2D eigenvalue weighted by molar-refractivity contribution is 7.81. The molecule has 4 nitrogen and oxygen atoms in total. The summed E-state index contributed by atoms with van der Waals surface area (Å²) in [5, 5.41) is 5.63. The Kier molecular flexibility index (Phi) is 4.25. The van der Waals surface area contributed by atoms with Gasteiger partial charge >= 0.3 is 0 Å². The van der Waals surface area contributed by atoms with Crippen LogP contribution in [0.4, 0.5) is 5.69 Å². The number of carbonyl (C=O) groups is 2. The maximum Gasteiger partial charge on any atom is 0.229 e. The molecular formula is C13H16N2O2S. The molecule has 1 aromatic carbocycles. The lowest BCUT2D eigenvalue weighted by atomic mass is 9.99. The van der Waals surface area contributed by atoms with Crippen LogP contribution in [0.25, 0.3) is 0 Å². The maximum absolute atomic E-state index is 11.2. The summed E-state index contributed by atoms with van der Waals surface area (Å²) in [6.07, 6.45) is 2.13. The summed E-state index contributed by atoms with van der Waals surface area (Å²) in [7, 11) is 0. The molecule has 0 atom stereocenters. The standard InChI is InChI=1S/C13H16N2O2S/c16-12-4-2-10-7-9(1-3-11(10)15-12)5-6-14-13(17)8-18/h1,3,7,18H,2,4-6,8H2,(H,14,17)(H,15,16). The van der Waals surface area contributed by atoms with Crippen LogP contribution >= 0.6 is 12.6 Å². The number of carbonyl (C=O) groups excluding carboxylic acids is 2. The summed E-state index contributed by atoms with van der Waals surface area (Å²) < 4.78 is 0. The highest BCUT2D eigenvalue weighted by Gasteiger charge is 2.14. The summed E-state index contributed by atoms with van der Waals surface area (Å²) in [5.74, 6) is 0.246. The number of hydrogen-bond donors (Lipinski definition) is 3. The average molecular weight is 264 g/mol. The third kappa shape index (κ3) is 3.26. The van der Waals surface area contributed by atoms with Crippen molar-refractivity contribution in [3.8, 4) is 0 Å². The van der Waals surface area contributed by atoms with Gasteiger partial charge in [0.15, 0.2) is 0 Å². The van der Waals surface area contributed by atoms with Crippen LogP contribution in [0, 0.1) is 0 Å². The molecule has 0 saturated carbocycles. The lowest BCUT2D eigenvalue weighted by Crippen LogP contribution is -2.26. The van der Waals surface area contributed by atoms with Crippen LogP contribution < -0.4 is 10.6 Å². The number of aryl methyl sites for hydroxylation is 1. The highest BCUT2D eigenvalue weighted by atomic mass is 32.1. The number of hydrogen-bond acceptors (Lipinski definition) is 3. The first-order valence-electron chi connectivity index (χ1n) is 5.98. The fourth-order valence-corrected chi connectivity index (χ4v) is 2.11. The minimum atomic E-state index is -0.0523. The highest BCUT2D eigenvalue weighted by Crippen LogP contribution is 2.23. The van der Waals surface area contributed by atoms with Gasteiger partial charge in [0.25, 0.3) is 0 Å². The monoisotopic (exact) mass is 264 g/mol. The molecule has 2 amide bonds. The molecule has 1 aromatic rings. The fourth-order valence-electron chi connectivity index (χ4n) is 1.99. The topological polar surface area (TPSA) is 58.2 Å². The molecule has 0 unspecified atom stereocenters. The summed E-state index contributed by atoms with van der Waals surface area (Å²) in [6.45, 7) is 0.616. The van der Waals surface area contributed by atoms with Crippen molar-refractivity contribution in [2.75, 3.05) is 17.6 Å². The van der Waals surface area contributed by atoms with Gasteiger partial charge in [-0.15, -0.1) is 0 Å². The van der Waals surface area contributed by atoms with Gasteiger partial charge in [0, 0.05) is 18.7 Å². The fraction of sp³-hybridized carbons (Fsp3) is 0.385. The predicted octanol–water partition coefficient (Wildman–Crippen LogP) is 1.16. The number of nitrogens with one attached hydrogen (secondary N) is 2. The minimum absolute atomic E-state index is 0.0523. The number of rotatable bonds is 4. The van der Waals surface area contributed by atoms with Crippen LogP contribution in [0.15, 0.2) is 18.2 Å². The van der Waals surface area contributed by atoms with Crippen LogP contribution in [0.2, 0.25) is 0 Å². The molecule has 0 bridgehead atoms. The zero-order valence-electron chi connectivity index (χ0n) is 10.0. The Morgan fingerprint density at radius 3 is 3.00 bits per heavy atom. The first-order valence-corrected chi connectivity index (χ1v) is 6.61. The van der Waals surface area contributed by atoms with Crippen molar-refractivity contribution >= 4 is 30.1 Å². The molecule has 1 heterocycles. The Bertz CT molecular complexity index is 474. The second-order valence-electron chi connectivity index (χ2n) is 4.30. The molecule has 0 spiro atoms. The van der Waals surface area contributed by atoms with Gasteiger partial charge in [-0.2, -0.15) is 12.6 Å². The smallest absolute Gasteiger partial charge is 0.229 e. The van der Waals surface area contributed by atoms with Gasteiger partial charge in [0.2, 0.25) is 11.8 Å². The van der Waals surface area contributed by atoms with Crippen LogP contribution in [0.1, 0.15) is 17.5 Å². The van der Waals surface area contributed by atoms with E-state index in [2.05, 4.69) is 29.3 Å². The SMILES string of the molecule is O=C(CS)NCCc1ccc2c(c1)CCC(=O)N2. The van der Waals surface area contributed by atoms with E-state index in [0.29, 0.717) is 13.0 Å². The average Bonchev–Trinajstić information content (AvgIpc) is 2.38. The lowest BCUT2D eigenvalue weighted by molar-refractivity contribution is -0.118. The quantitative estimate of drug-likeness (QED) is 0.715. The third-order valence-electron chi connectivity index (χ3n) is 2.94. The molecule has 2 N–H and O–H groups in total. The normalized spacial score (nSPS) is 13.7. The molecule has 0 radical (unpaired) electrons. The lowest BCUT2D eigenvalue weighted by Gasteiger charge is -2.17. The predicted molar refractivity (Wildman–Crippen MR) is 74.0 cm³/mol. The molecule has 2 rings (SSSR count). The van der Waals surface area contributed by atoms with E-state index in [1.165, 1.54) is 11.1 Å². The maximum atomic E-state index is 11.2. The van der Waals surface area contributed by atoms with Crippen molar-refractivity contribution in [2.24, 2.45) is 0 Å². The molecule has 0 aliphatic carbocycles. The first kappa shape index (κ1) is 13.0. The van der Waals surface area contributed by atoms with Gasteiger partial charge in [-0.05, 0) is 30.0 Å². The van der Waals surface area contributed by atoms with E-state index in [0.717, 1.165) is 18.5 Å². The van der Waals surface area contributed by atoms with Crippen molar-refractivity contribution in [1.29, 1.82) is 0 Å². The minimum Gasteiger partial charge on any atom is -0.355 e. The van der Waals surface area contributed by atoms with E-state index < -0.39 is 0 Å². The molecule has 96 valence electrons. The molecule has 0 saturated heterocycles. The van der Waals surface area contributed by atoms with E-state index in [4.69, 9.17) is 0 Å². The third-order valence-corrected chi connectivity index (χ3v) is 3.23. The van der Waals surface area contributed by atoms with E-state index in [-0.39, 0.29) is 17.6 Å². The van der Waals surface area contributed by atoms with E-state index in [1.54, 1.807) is 0 Å². The number of fused-ring (bicyclic) bond motifs is 1. The van der Waals surface area contributed by atoms with Crippen molar-refractivity contribution in [3.63, 3.8) is 0 Å². The Labute approximate surface area is 112 Å². The zero-order chi connectivity index (χ0) is 13.0. The van der Waals surface area contributed by atoms with Crippen molar-refractivity contribution in [3.05, 3.63) is 29.3 Å². The molecule has 1 aliphatic heterocycles. The molecule has 18 heavy (non-hydrogen) atoms. The first-order chi connectivity index (χ1) is 8.69. The number of anilines is 1. The van der Waals surface area contributed by atoms with Crippen LogP contribution in [0.3, 0.4) is 0 Å². The number of amides is 2. The van der Waals surface area contributed by atoms with E-state index in [1.807, 2.05) is 12.1 Å².